The third-order valence-corrected chi connectivity index (χ3v) is 4.30. The molecule has 7 heteroatoms. The number of rotatable bonds is 2. The molecule has 3 heterocycles. The molecule has 0 saturated carbocycles. The molecule has 0 bridgehead atoms. The van der Waals surface area contributed by atoms with E-state index >= 15 is 0 Å². The van der Waals surface area contributed by atoms with Crippen LogP contribution in [-0.2, 0) is 4.74 Å². The zero-order valence-corrected chi connectivity index (χ0v) is 13.2. The first-order chi connectivity index (χ1) is 9.63. The maximum Gasteiger partial charge on any atom is 0.132 e. The molecule has 2 aliphatic heterocycles. The maximum atomic E-state index is 9.67. The Balaban J connectivity index is 1.83. The van der Waals surface area contributed by atoms with Gasteiger partial charge in [-0.15, -0.1) is 0 Å². The molecule has 2 fully saturated rings. The van der Waals surface area contributed by atoms with Crippen molar-refractivity contribution in [2.75, 3.05) is 49.2 Å². The van der Waals surface area contributed by atoms with E-state index in [-0.39, 0.29) is 0 Å². The van der Waals surface area contributed by atoms with Crippen molar-refractivity contribution >= 4 is 34.2 Å². The smallest absolute Gasteiger partial charge is 0.132 e. The van der Waals surface area contributed by atoms with E-state index in [1.165, 1.54) is 0 Å². The van der Waals surface area contributed by atoms with Crippen LogP contribution < -0.4 is 9.80 Å². The van der Waals surface area contributed by atoms with E-state index < -0.39 is 12.2 Å². The molecule has 0 aromatic carbocycles. The second kappa shape index (κ2) is 6.00. The average Bonchev–Trinajstić information content (AvgIpc) is 2.79. The van der Waals surface area contributed by atoms with Crippen molar-refractivity contribution in [2.45, 2.75) is 12.2 Å². The predicted molar refractivity (Wildman–Crippen MR) is 84.2 cm³/mol. The predicted octanol–water partition coefficient (Wildman–Crippen LogP) is 0.0646. The summed E-state index contributed by atoms with van der Waals surface area (Å²) in [5.74, 6) is 1.75. The first-order valence-electron chi connectivity index (χ1n) is 6.75. The van der Waals surface area contributed by atoms with Gasteiger partial charge in [0.2, 0.25) is 0 Å². The number of aliphatic hydroxyl groups excluding tert-OH is 2. The number of morpholine rings is 1. The molecule has 0 radical (unpaired) electrons. The number of anilines is 2. The van der Waals surface area contributed by atoms with Crippen LogP contribution in [-0.4, -0.2) is 66.8 Å². The Morgan fingerprint density at radius 1 is 1.05 bits per heavy atom. The number of ether oxygens (including phenoxy) is 1. The zero-order chi connectivity index (χ0) is 14.1. The fourth-order valence-electron chi connectivity index (χ4n) is 2.54. The van der Waals surface area contributed by atoms with Crippen LogP contribution in [0.15, 0.2) is 12.1 Å². The number of hydrogen-bond donors (Lipinski definition) is 2. The quantitative estimate of drug-likeness (QED) is 0.696. The lowest BCUT2D eigenvalue weighted by Crippen LogP contribution is -2.37. The molecule has 0 spiro atoms. The van der Waals surface area contributed by atoms with Gasteiger partial charge in [0.15, 0.2) is 0 Å². The van der Waals surface area contributed by atoms with Crippen molar-refractivity contribution in [2.24, 2.45) is 0 Å². The van der Waals surface area contributed by atoms with E-state index in [9.17, 15) is 10.2 Å². The summed E-state index contributed by atoms with van der Waals surface area (Å²) in [7, 11) is 0. The van der Waals surface area contributed by atoms with Gasteiger partial charge in [0, 0.05) is 29.7 Å². The number of β-amino-alcohol motifs (C(OH)–C–C–N with tert-alkyl or cyclic N) is 2. The lowest BCUT2D eigenvalue weighted by molar-refractivity contribution is 0.0572. The number of aromatic nitrogens is 1. The lowest BCUT2D eigenvalue weighted by Gasteiger charge is -2.29. The van der Waals surface area contributed by atoms with Crippen LogP contribution in [0.5, 0.6) is 0 Å². The van der Waals surface area contributed by atoms with Crippen LogP contribution in [0.2, 0.25) is 0 Å². The van der Waals surface area contributed by atoms with Crippen LogP contribution in [0.4, 0.5) is 11.6 Å². The van der Waals surface area contributed by atoms with Gasteiger partial charge in [-0.25, -0.2) is 4.98 Å². The average molecular weight is 391 g/mol. The van der Waals surface area contributed by atoms with Crippen LogP contribution in [0.1, 0.15) is 0 Å². The summed E-state index contributed by atoms with van der Waals surface area (Å²) in [6.07, 6.45) is -1.39. The number of aliphatic hydroxyl groups is 2. The summed E-state index contributed by atoms with van der Waals surface area (Å²) in [5.41, 5.74) is 0. The summed E-state index contributed by atoms with van der Waals surface area (Å²) in [4.78, 5) is 8.82. The molecule has 110 valence electrons. The maximum absolute atomic E-state index is 9.67. The molecule has 1 aromatic rings. The molecule has 2 aliphatic rings. The Labute approximate surface area is 131 Å². The lowest BCUT2D eigenvalue weighted by atomic mass is 10.3. The van der Waals surface area contributed by atoms with Crippen molar-refractivity contribution in [1.82, 2.24) is 4.98 Å². The van der Waals surface area contributed by atoms with Crippen molar-refractivity contribution in [3.05, 3.63) is 15.7 Å². The Kier molecular flexibility index (Phi) is 4.29. The minimum atomic E-state index is -0.693. The molecule has 0 aliphatic carbocycles. The fraction of sp³-hybridized carbons (Fsp3) is 0.615. The highest BCUT2D eigenvalue weighted by Gasteiger charge is 2.30. The van der Waals surface area contributed by atoms with Gasteiger partial charge in [-0.05, 0) is 34.7 Å². The molecule has 3 rings (SSSR count). The van der Waals surface area contributed by atoms with Gasteiger partial charge in [-0.3, -0.25) is 0 Å². The molecular formula is C13H18IN3O3. The van der Waals surface area contributed by atoms with E-state index in [0.717, 1.165) is 41.5 Å². The molecule has 6 nitrogen and oxygen atoms in total. The highest BCUT2D eigenvalue weighted by Crippen LogP contribution is 2.25. The van der Waals surface area contributed by atoms with Crippen LogP contribution in [0.3, 0.4) is 0 Å². The van der Waals surface area contributed by atoms with Gasteiger partial charge in [-0.2, -0.15) is 0 Å². The molecule has 1 aromatic heterocycles. The Hall–Kier alpha value is -0.640. The largest absolute Gasteiger partial charge is 0.389 e. The molecule has 0 amide bonds. The molecule has 0 unspecified atom stereocenters. The van der Waals surface area contributed by atoms with E-state index in [1.54, 1.807) is 0 Å². The normalized spacial score (nSPS) is 27.1. The number of nitrogens with zero attached hydrogens (tertiary/aromatic N) is 3. The summed E-state index contributed by atoms with van der Waals surface area (Å²) >= 11 is 2.27. The molecule has 20 heavy (non-hydrogen) atoms. The molecule has 2 N–H and O–H groups in total. The van der Waals surface area contributed by atoms with Crippen molar-refractivity contribution < 1.29 is 14.9 Å². The van der Waals surface area contributed by atoms with Gasteiger partial charge in [0.1, 0.15) is 11.6 Å². The number of halogens is 1. The topological polar surface area (TPSA) is 69.1 Å². The monoisotopic (exact) mass is 391 g/mol. The zero-order valence-electron chi connectivity index (χ0n) is 11.1. The van der Waals surface area contributed by atoms with E-state index in [2.05, 4.69) is 38.5 Å². The van der Waals surface area contributed by atoms with Gasteiger partial charge in [0.05, 0.1) is 25.4 Å². The fourth-order valence-corrected chi connectivity index (χ4v) is 3.10. The summed E-state index contributed by atoms with van der Waals surface area (Å²) < 4.78 is 6.46. The number of pyridine rings is 1. The molecule has 2 atom stereocenters. The molecule has 2 saturated heterocycles. The van der Waals surface area contributed by atoms with Crippen LogP contribution >= 0.6 is 22.6 Å². The third-order valence-electron chi connectivity index (χ3n) is 3.68. The van der Waals surface area contributed by atoms with Crippen molar-refractivity contribution in [3.63, 3.8) is 0 Å². The van der Waals surface area contributed by atoms with E-state index in [1.807, 2.05) is 11.0 Å². The van der Waals surface area contributed by atoms with Crippen molar-refractivity contribution in [3.8, 4) is 0 Å². The Morgan fingerprint density at radius 3 is 2.20 bits per heavy atom. The second-order valence-corrected chi connectivity index (χ2v) is 6.39. The summed E-state index contributed by atoms with van der Waals surface area (Å²) in [6, 6.07) is 4.04. The van der Waals surface area contributed by atoms with Gasteiger partial charge >= 0.3 is 0 Å². The summed E-state index contributed by atoms with van der Waals surface area (Å²) in [6.45, 7) is 4.00. The van der Waals surface area contributed by atoms with Crippen molar-refractivity contribution in [1.29, 1.82) is 0 Å². The molecular weight excluding hydrogens is 373 g/mol. The first-order valence-corrected chi connectivity index (χ1v) is 7.83. The van der Waals surface area contributed by atoms with Gasteiger partial charge < -0.3 is 24.7 Å². The second-order valence-electron chi connectivity index (χ2n) is 5.14. The summed E-state index contributed by atoms with van der Waals surface area (Å²) in [5, 5.41) is 19.3. The van der Waals surface area contributed by atoms with E-state index in [4.69, 9.17) is 4.74 Å². The number of hydrogen-bond acceptors (Lipinski definition) is 6. The SMILES string of the molecule is O[C@H]1CN(c2cc(I)cc(N3CCOCC3)n2)C[C@@H]1O. The minimum absolute atomic E-state index is 0.427. The van der Waals surface area contributed by atoms with Crippen LogP contribution in [0.25, 0.3) is 0 Å². The third kappa shape index (κ3) is 3.00. The Morgan fingerprint density at radius 2 is 1.60 bits per heavy atom. The van der Waals surface area contributed by atoms with Crippen LogP contribution in [0, 0.1) is 3.57 Å². The van der Waals surface area contributed by atoms with Gasteiger partial charge in [-0.1, -0.05) is 0 Å². The highest BCUT2D eigenvalue weighted by molar-refractivity contribution is 14.1. The Bertz CT molecular complexity index is 472. The highest BCUT2D eigenvalue weighted by atomic mass is 127. The van der Waals surface area contributed by atoms with E-state index in [0.29, 0.717) is 13.1 Å². The standard InChI is InChI=1S/C13H18IN3O3/c14-9-5-12(16-1-3-20-4-2-16)15-13(6-9)17-7-10(18)11(19)8-17/h5-6,10-11,18-19H,1-4,7-8H2/t10-,11-/m0/s1. The first kappa shape index (κ1) is 14.3. The minimum Gasteiger partial charge on any atom is -0.389 e. The van der Waals surface area contributed by atoms with Gasteiger partial charge in [0.25, 0.3) is 0 Å².